The van der Waals surface area contributed by atoms with E-state index in [1.807, 2.05) is 18.7 Å². The lowest BCUT2D eigenvalue weighted by Gasteiger charge is -2.22. The molecule has 0 heterocycles. The second kappa shape index (κ2) is 10.5. The highest BCUT2D eigenvalue weighted by Gasteiger charge is 2.37. The molecule has 0 saturated carbocycles. The van der Waals surface area contributed by atoms with Gasteiger partial charge in [-0.05, 0) is 38.0 Å². The molecule has 134 valence electrons. The van der Waals surface area contributed by atoms with Gasteiger partial charge in [-0.3, -0.25) is 0 Å². The van der Waals surface area contributed by atoms with Crippen molar-refractivity contribution >= 4 is 0 Å². The van der Waals surface area contributed by atoms with E-state index < -0.39 is 11.9 Å². The van der Waals surface area contributed by atoms with Crippen LogP contribution >= 0.6 is 0 Å². The molecule has 23 heavy (non-hydrogen) atoms. The largest absolute Gasteiger partial charge is 0.431 e. The second-order valence-electron chi connectivity index (χ2n) is 6.32. The van der Waals surface area contributed by atoms with Crippen LogP contribution < -0.4 is 0 Å². The van der Waals surface area contributed by atoms with E-state index >= 15 is 0 Å². The van der Waals surface area contributed by atoms with Crippen LogP contribution in [-0.4, -0.2) is 43.2 Å². The maximum absolute atomic E-state index is 13.3. The molecule has 0 saturated heterocycles. The van der Waals surface area contributed by atoms with Gasteiger partial charge in [-0.1, -0.05) is 27.2 Å². The average molecular weight is 332 g/mol. The standard InChI is InChI=1S/C18H31F3N2/c1-7-9-10-16(17(22(5)6)18(19,20)21)12-14-23(8-2)13-11-15(3)4/h15H,7-11,13H2,1-6H3. The van der Waals surface area contributed by atoms with Gasteiger partial charge in [0, 0.05) is 38.8 Å². The van der Waals surface area contributed by atoms with E-state index in [4.69, 9.17) is 0 Å². The molecule has 0 radical (unpaired) electrons. The summed E-state index contributed by atoms with van der Waals surface area (Å²) in [6, 6.07) is 2.94. The Morgan fingerprint density at radius 1 is 1.13 bits per heavy atom. The molecule has 0 aromatic carbocycles. The van der Waals surface area contributed by atoms with Crippen LogP contribution in [0.25, 0.3) is 0 Å². The van der Waals surface area contributed by atoms with Gasteiger partial charge in [0.05, 0.1) is 0 Å². The number of halogens is 3. The van der Waals surface area contributed by atoms with Crippen molar-refractivity contribution in [1.29, 1.82) is 0 Å². The van der Waals surface area contributed by atoms with Gasteiger partial charge in [0.2, 0.25) is 0 Å². The second-order valence-corrected chi connectivity index (χ2v) is 6.32. The van der Waals surface area contributed by atoms with E-state index in [9.17, 15) is 13.2 Å². The topological polar surface area (TPSA) is 6.48 Å². The fourth-order valence-electron chi connectivity index (χ4n) is 2.14. The minimum absolute atomic E-state index is 0.187. The summed E-state index contributed by atoms with van der Waals surface area (Å²) in [5, 5.41) is 0. The van der Waals surface area contributed by atoms with Crippen LogP contribution in [0.1, 0.15) is 53.4 Å². The van der Waals surface area contributed by atoms with Gasteiger partial charge < -0.3 is 9.80 Å². The van der Waals surface area contributed by atoms with E-state index in [0.717, 1.165) is 24.3 Å². The molecule has 0 fully saturated rings. The van der Waals surface area contributed by atoms with Crippen molar-refractivity contribution in [1.82, 2.24) is 9.80 Å². The normalized spacial score (nSPS) is 12.6. The third kappa shape index (κ3) is 8.78. The molecular weight excluding hydrogens is 301 g/mol. The Labute approximate surface area is 139 Å². The Bertz CT molecular complexity index is 426. The lowest BCUT2D eigenvalue weighted by atomic mass is 10.1. The lowest BCUT2D eigenvalue weighted by Crippen LogP contribution is -2.27. The van der Waals surface area contributed by atoms with Crippen molar-refractivity contribution in [2.75, 3.05) is 27.2 Å². The van der Waals surface area contributed by atoms with E-state index in [-0.39, 0.29) is 5.57 Å². The quantitative estimate of drug-likeness (QED) is 0.461. The number of nitrogens with zero attached hydrogens (tertiary/aromatic N) is 2. The van der Waals surface area contributed by atoms with Crippen molar-refractivity contribution in [2.45, 2.75) is 59.6 Å². The van der Waals surface area contributed by atoms with Gasteiger partial charge in [0.25, 0.3) is 0 Å². The fourth-order valence-corrected chi connectivity index (χ4v) is 2.14. The summed E-state index contributed by atoms with van der Waals surface area (Å²) < 4.78 is 40.0. The maximum Gasteiger partial charge on any atom is 0.431 e. The van der Waals surface area contributed by atoms with Gasteiger partial charge in [0.1, 0.15) is 5.70 Å². The van der Waals surface area contributed by atoms with Gasteiger partial charge >= 0.3 is 6.18 Å². The molecule has 0 spiro atoms. The number of allylic oxidation sites excluding steroid dienone is 2. The van der Waals surface area contributed by atoms with Crippen molar-refractivity contribution in [3.05, 3.63) is 11.3 Å². The van der Waals surface area contributed by atoms with Gasteiger partial charge in [-0.25, -0.2) is 0 Å². The molecule has 2 nitrogen and oxygen atoms in total. The van der Waals surface area contributed by atoms with Crippen LogP contribution in [0.2, 0.25) is 0 Å². The van der Waals surface area contributed by atoms with Crippen LogP contribution in [0.4, 0.5) is 13.2 Å². The first-order valence-corrected chi connectivity index (χ1v) is 8.37. The highest BCUT2D eigenvalue weighted by Crippen LogP contribution is 2.31. The summed E-state index contributed by atoms with van der Waals surface area (Å²) in [4.78, 5) is 3.03. The first-order valence-electron chi connectivity index (χ1n) is 8.37. The zero-order valence-corrected chi connectivity index (χ0v) is 15.3. The number of rotatable bonds is 8. The number of hydrogen-bond acceptors (Lipinski definition) is 2. The summed E-state index contributed by atoms with van der Waals surface area (Å²) in [6.45, 7) is 9.69. The Morgan fingerprint density at radius 2 is 1.74 bits per heavy atom. The first-order chi connectivity index (χ1) is 10.6. The molecular formula is C18H31F3N2. The predicted octanol–water partition coefficient (Wildman–Crippen LogP) is 4.88. The van der Waals surface area contributed by atoms with E-state index in [0.29, 0.717) is 25.3 Å². The molecule has 5 heteroatoms. The van der Waals surface area contributed by atoms with E-state index in [1.54, 1.807) is 0 Å². The number of unbranched alkanes of at least 4 members (excludes halogenated alkanes) is 1. The summed E-state index contributed by atoms with van der Waals surface area (Å²) in [5.74, 6) is 3.36. The minimum atomic E-state index is -4.38. The van der Waals surface area contributed by atoms with Crippen LogP contribution in [0.15, 0.2) is 11.3 Å². The molecule has 0 aromatic heterocycles. The van der Waals surface area contributed by atoms with E-state index in [1.165, 1.54) is 14.1 Å². The molecule has 0 aliphatic rings. The Hall–Kier alpha value is -1.31. The molecule has 0 aliphatic heterocycles. The maximum atomic E-state index is 13.3. The summed E-state index contributed by atoms with van der Waals surface area (Å²) >= 11 is 0. The van der Waals surface area contributed by atoms with Crippen molar-refractivity contribution in [3.63, 3.8) is 0 Å². The van der Waals surface area contributed by atoms with Crippen molar-refractivity contribution < 1.29 is 13.2 Å². The minimum Gasteiger partial charge on any atom is -0.373 e. The summed E-state index contributed by atoms with van der Waals surface area (Å²) in [6.07, 6.45) is -1.49. The van der Waals surface area contributed by atoms with Gasteiger partial charge in [-0.2, -0.15) is 13.2 Å². The molecule has 0 atom stereocenters. The number of alkyl halides is 3. The molecule has 0 aliphatic carbocycles. The average Bonchev–Trinajstić information content (AvgIpc) is 2.42. The summed E-state index contributed by atoms with van der Waals surface area (Å²) in [7, 11) is 2.85. The molecule has 0 amide bonds. The molecule has 0 aromatic rings. The van der Waals surface area contributed by atoms with E-state index in [2.05, 4.69) is 25.8 Å². The Morgan fingerprint density at radius 3 is 2.13 bits per heavy atom. The third-order valence-electron chi connectivity index (χ3n) is 3.50. The zero-order chi connectivity index (χ0) is 18.0. The van der Waals surface area contributed by atoms with Crippen LogP contribution in [0.5, 0.6) is 0 Å². The predicted molar refractivity (Wildman–Crippen MR) is 90.8 cm³/mol. The fraction of sp³-hybridized carbons (Fsp3) is 0.778. The molecule has 0 rings (SSSR count). The SMILES string of the molecule is CCCCC(C#CN(CC)CCC(C)C)=C(N(C)C)C(F)(F)F. The Kier molecular flexibility index (Phi) is 9.87. The highest BCUT2D eigenvalue weighted by molar-refractivity contribution is 5.35. The zero-order valence-electron chi connectivity index (χ0n) is 15.3. The van der Waals surface area contributed by atoms with Crippen LogP contribution in [0.3, 0.4) is 0 Å². The van der Waals surface area contributed by atoms with Gasteiger partial charge in [-0.15, -0.1) is 0 Å². The van der Waals surface area contributed by atoms with Crippen LogP contribution in [0, 0.1) is 17.9 Å². The Balaban J connectivity index is 5.52. The third-order valence-corrected chi connectivity index (χ3v) is 3.50. The molecule has 0 N–H and O–H groups in total. The lowest BCUT2D eigenvalue weighted by molar-refractivity contribution is -0.108. The van der Waals surface area contributed by atoms with Crippen LogP contribution in [-0.2, 0) is 0 Å². The first kappa shape index (κ1) is 21.7. The monoisotopic (exact) mass is 332 g/mol. The molecule has 0 unspecified atom stereocenters. The van der Waals surface area contributed by atoms with Gasteiger partial charge in [0.15, 0.2) is 0 Å². The highest BCUT2D eigenvalue weighted by atomic mass is 19.4. The van der Waals surface area contributed by atoms with Crippen molar-refractivity contribution in [2.24, 2.45) is 5.92 Å². The molecule has 0 bridgehead atoms. The smallest absolute Gasteiger partial charge is 0.373 e. The van der Waals surface area contributed by atoms with Crippen molar-refractivity contribution in [3.8, 4) is 12.0 Å². The number of hydrogen-bond donors (Lipinski definition) is 0. The summed E-state index contributed by atoms with van der Waals surface area (Å²) in [5.41, 5.74) is -0.439.